The van der Waals surface area contributed by atoms with Crippen LogP contribution in [0.15, 0.2) is 18.3 Å². The fraction of sp³-hybridized carbons (Fsp3) is 0.200. The molecule has 80 valence electrons. The standard InChI is InChI=1S/C10H11ClN2O2/c1-15-10(14)8-5-7(3-2-4-11)6-13-9(8)12/h2-3,5-6H,4H2,1H3,(H2,12,13). The molecule has 1 rings (SSSR count). The number of rotatable bonds is 3. The lowest BCUT2D eigenvalue weighted by Gasteiger charge is -2.03. The number of anilines is 1. The Morgan fingerprint density at radius 3 is 3.07 bits per heavy atom. The number of hydrogen-bond donors (Lipinski definition) is 1. The predicted molar refractivity (Wildman–Crippen MR) is 59.7 cm³/mol. The Hall–Kier alpha value is -1.55. The van der Waals surface area contributed by atoms with Crippen LogP contribution in [-0.4, -0.2) is 23.9 Å². The lowest BCUT2D eigenvalue weighted by molar-refractivity contribution is 0.0601. The number of halogens is 1. The monoisotopic (exact) mass is 226 g/mol. The van der Waals surface area contributed by atoms with Gasteiger partial charge in [-0.25, -0.2) is 9.78 Å². The van der Waals surface area contributed by atoms with Crippen LogP contribution in [0.4, 0.5) is 5.82 Å². The summed E-state index contributed by atoms with van der Waals surface area (Å²) in [7, 11) is 1.29. The van der Waals surface area contributed by atoms with Crippen LogP contribution in [0.2, 0.25) is 0 Å². The molecule has 4 nitrogen and oxygen atoms in total. The van der Waals surface area contributed by atoms with Crippen LogP contribution >= 0.6 is 11.6 Å². The van der Waals surface area contributed by atoms with Crippen molar-refractivity contribution in [3.8, 4) is 0 Å². The summed E-state index contributed by atoms with van der Waals surface area (Å²) in [5, 5.41) is 0. The molecule has 5 heteroatoms. The van der Waals surface area contributed by atoms with Crippen LogP contribution in [0.1, 0.15) is 15.9 Å². The molecule has 0 aromatic carbocycles. The van der Waals surface area contributed by atoms with Gasteiger partial charge in [-0.2, -0.15) is 0 Å². The van der Waals surface area contributed by atoms with Gasteiger partial charge >= 0.3 is 5.97 Å². The van der Waals surface area contributed by atoms with Gasteiger partial charge in [0.05, 0.1) is 7.11 Å². The number of nitrogens with two attached hydrogens (primary N) is 1. The number of ether oxygens (including phenoxy) is 1. The highest BCUT2D eigenvalue weighted by atomic mass is 35.5. The second-order valence-corrected chi connectivity index (χ2v) is 3.06. The molecule has 0 aliphatic heterocycles. The summed E-state index contributed by atoms with van der Waals surface area (Å²) >= 11 is 5.49. The van der Waals surface area contributed by atoms with Crippen LogP contribution < -0.4 is 5.73 Å². The largest absolute Gasteiger partial charge is 0.465 e. The van der Waals surface area contributed by atoms with Crippen molar-refractivity contribution < 1.29 is 9.53 Å². The van der Waals surface area contributed by atoms with E-state index >= 15 is 0 Å². The summed E-state index contributed by atoms with van der Waals surface area (Å²) in [6, 6.07) is 1.61. The lowest BCUT2D eigenvalue weighted by Crippen LogP contribution is -2.07. The number of esters is 1. The van der Waals surface area contributed by atoms with Crippen LogP contribution in [0.25, 0.3) is 6.08 Å². The van der Waals surface area contributed by atoms with Crippen LogP contribution in [0, 0.1) is 0 Å². The van der Waals surface area contributed by atoms with Crippen LogP contribution in [0.5, 0.6) is 0 Å². The average Bonchev–Trinajstić information content (AvgIpc) is 2.27. The summed E-state index contributed by atoms with van der Waals surface area (Å²) in [5.41, 5.74) is 6.55. The molecule has 1 aromatic heterocycles. The summed E-state index contributed by atoms with van der Waals surface area (Å²) < 4.78 is 4.57. The van der Waals surface area contributed by atoms with Gasteiger partial charge in [-0.1, -0.05) is 12.2 Å². The van der Waals surface area contributed by atoms with E-state index in [4.69, 9.17) is 17.3 Å². The first kappa shape index (κ1) is 11.5. The van der Waals surface area contributed by atoms with Gasteiger partial charge in [-0.15, -0.1) is 11.6 Å². The molecular weight excluding hydrogens is 216 g/mol. The number of carbonyl (C=O) groups is 1. The van der Waals surface area contributed by atoms with Crippen molar-refractivity contribution in [2.75, 3.05) is 18.7 Å². The first-order chi connectivity index (χ1) is 7.19. The van der Waals surface area contributed by atoms with E-state index in [1.165, 1.54) is 7.11 Å². The highest BCUT2D eigenvalue weighted by Gasteiger charge is 2.10. The third-order valence-corrected chi connectivity index (χ3v) is 1.92. The zero-order chi connectivity index (χ0) is 11.3. The second-order valence-electron chi connectivity index (χ2n) is 2.75. The fourth-order valence-electron chi connectivity index (χ4n) is 1.04. The number of allylic oxidation sites excluding steroid dienone is 1. The zero-order valence-corrected chi connectivity index (χ0v) is 8.99. The van der Waals surface area contributed by atoms with E-state index in [1.54, 1.807) is 24.4 Å². The van der Waals surface area contributed by atoms with Crippen molar-refractivity contribution in [1.82, 2.24) is 4.98 Å². The maximum atomic E-state index is 11.3. The molecule has 0 spiro atoms. The molecule has 0 saturated heterocycles. The first-order valence-corrected chi connectivity index (χ1v) is 4.79. The minimum atomic E-state index is -0.499. The summed E-state index contributed by atoms with van der Waals surface area (Å²) in [4.78, 5) is 15.2. The molecular formula is C10H11ClN2O2. The molecule has 0 aliphatic rings. The molecule has 0 saturated carbocycles. The summed E-state index contributed by atoms with van der Waals surface area (Å²) in [6.45, 7) is 0. The zero-order valence-electron chi connectivity index (χ0n) is 8.24. The van der Waals surface area contributed by atoms with Crippen molar-refractivity contribution in [2.24, 2.45) is 0 Å². The molecule has 0 aliphatic carbocycles. The number of pyridine rings is 1. The summed E-state index contributed by atoms with van der Waals surface area (Å²) in [6.07, 6.45) is 5.06. The normalized spacial score (nSPS) is 10.5. The van der Waals surface area contributed by atoms with E-state index in [9.17, 15) is 4.79 Å². The lowest BCUT2D eigenvalue weighted by atomic mass is 10.2. The van der Waals surface area contributed by atoms with Crippen LogP contribution in [-0.2, 0) is 4.74 Å². The molecule has 0 atom stereocenters. The predicted octanol–water partition coefficient (Wildman–Crippen LogP) is 1.70. The molecule has 0 fully saturated rings. The Bertz CT molecular complexity index is 391. The van der Waals surface area contributed by atoms with E-state index in [2.05, 4.69) is 9.72 Å². The molecule has 2 N–H and O–H groups in total. The van der Waals surface area contributed by atoms with E-state index < -0.39 is 5.97 Å². The van der Waals surface area contributed by atoms with Gasteiger partial charge in [0.25, 0.3) is 0 Å². The number of nitrogen functional groups attached to an aromatic ring is 1. The fourth-order valence-corrected chi connectivity index (χ4v) is 1.13. The van der Waals surface area contributed by atoms with E-state index in [0.717, 1.165) is 5.56 Å². The number of carbonyl (C=O) groups excluding carboxylic acids is 1. The quantitative estimate of drug-likeness (QED) is 0.629. The molecule has 0 radical (unpaired) electrons. The highest BCUT2D eigenvalue weighted by molar-refractivity contribution is 6.19. The van der Waals surface area contributed by atoms with Crippen molar-refractivity contribution in [2.45, 2.75) is 0 Å². The van der Waals surface area contributed by atoms with Crippen LogP contribution in [0.3, 0.4) is 0 Å². The van der Waals surface area contributed by atoms with E-state index in [0.29, 0.717) is 5.88 Å². The summed E-state index contributed by atoms with van der Waals surface area (Å²) in [5.74, 6) is 0.0591. The van der Waals surface area contributed by atoms with Gasteiger partial charge in [-0.3, -0.25) is 0 Å². The third kappa shape index (κ3) is 2.95. The number of nitrogens with zero attached hydrogens (tertiary/aromatic N) is 1. The maximum Gasteiger partial charge on any atom is 0.341 e. The third-order valence-electron chi connectivity index (χ3n) is 1.74. The van der Waals surface area contributed by atoms with E-state index in [-0.39, 0.29) is 11.4 Å². The molecule has 1 aromatic rings. The minimum absolute atomic E-state index is 0.157. The Morgan fingerprint density at radius 1 is 1.73 bits per heavy atom. The van der Waals surface area contributed by atoms with Gasteiger partial charge in [-0.05, 0) is 11.6 Å². The molecule has 15 heavy (non-hydrogen) atoms. The average molecular weight is 227 g/mol. The van der Waals surface area contributed by atoms with Gasteiger partial charge in [0.1, 0.15) is 11.4 Å². The molecule has 0 bridgehead atoms. The van der Waals surface area contributed by atoms with E-state index in [1.807, 2.05) is 0 Å². The van der Waals surface area contributed by atoms with Crippen molar-refractivity contribution in [1.29, 1.82) is 0 Å². The highest BCUT2D eigenvalue weighted by Crippen LogP contribution is 2.13. The topological polar surface area (TPSA) is 65.2 Å². The van der Waals surface area contributed by atoms with Crippen molar-refractivity contribution >= 4 is 29.5 Å². The van der Waals surface area contributed by atoms with Crippen molar-refractivity contribution in [3.05, 3.63) is 29.5 Å². The molecule has 0 amide bonds. The Kier molecular flexibility index (Phi) is 4.12. The van der Waals surface area contributed by atoms with Gasteiger partial charge in [0.2, 0.25) is 0 Å². The number of alkyl halides is 1. The molecule has 1 heterocycles. The molecule has 0 unspecified atom stereocenters. The number of hydrogen-bond acceptors (Lipinski definition) is 4. The number of aromatic nitrogens is 1. The van der Waals surface area contributed by atoms with Gasteiger partial charge < -0.3 is 10.5 Å². The minimum Gasteiger partial charge on any atom is -0.465 e. The Labute approximate surface area is 92.7 Å². The van der Waals surface area contributed by atoms with Gasteiger partial charge in [0, 0.05) is 12.1 Å². The number of methoxy groups -OCH3 is 1. The van der Waals surface area contributed by atoms with Gasteiger partial charge in [0.15, 0.2) is 0 Å². The SMILES string of the molecule is COC(=O)c1cc(C=CCCl)cnc1N. The second kappa shape index (κ2) is 5.36. The first-order valence-electron chi connectivity index (χ1n) is 4.25. The van der Waals surface area contributed by atoms with Crippen molar-refractivity contribution in [3.63, 3.8) is 0 Å². The Balaban J connectivity index is 3.05. The smallest absolute Gasteiger partial charge is 0.341 e. The Morgan fingerprint density at radius 2 is 2.47 bits per heavy atom. The maximum absolute atomic E-state index is 11.3.